The van der Waals surface area contributed by atoms with Crippen LogP contribution in [0.2, 0.25) is 5.02 Å². The minimum Gasteiger partial charge on any atom is -0.434 e. The van der Waals surface area contributed by atoms with Crippen molar-refractivity contribution < 1.29 is 13.5 Å². The van der Waals surface area contributed by atoms with Gasteiger partial charge in [0.25, 0.3) is 0 Å². The number of benzene rings is 2. The average Bonchev–Trinajstić information content (AvgIpc) is 2.41. The van der Waals surface area contributed by atoms with Crippen LogP contribution in [0.1, 0.15) is 17.2 Å². The third-order valence-corrected chi connectivity index (χ3v) is 3.16. The third kappa shape index (κ3) is 3.92. The van der Waals surface area contributed by atoms with Gasteiger partial charge in [-0.15, -0.1) is 0 Å². The molecule has 2 N–H and O–H groups in total. The first kappa shape index (κ1) is 14.8. The summed E-state index contributed by atoms with van der Waals surface area (Å²) in [6.07, 6.45) is 0.515. The second-order valence-corrected chi connectivity index (χ2v) is 4.79. The summed E-state index contributed by atoms with van der Waals surface area (Å²) in [6, 6.07) is 13.4. The molecule has 0 aliphatic rings. The zero-order valence-corrected chi connectivity index (χ0v) is 11.4. The highest BCUT2D eigenvalue weighted by Gasteiger charge is 2.15. The maximum atomic E-state index is 12.4. The predicted octanol–water partition coefficient (Wildman–Crippen LogP) is 4.18. The lowest BCUT2D eigenvalue weighted by Crippen LogP contribution is -2.16. The topological polar surface area (TPSA) is 35.2 Å². The van der Waals surface area contributed by atoms with Crippen molar-refractivity contribution in [3.63, 3.8) is 0 Å². The molecule has 106 valence electrons. The van der Waals surface area contributed by atoms with E-state index in [0.29, 0.717) is 17.0 Å². The van der Waals surface area contributed by atoms with Gasteiger partial charge in [0.1, 0.15) is 5.75 Å². The van der Waals surface area contributed by atoms with E-state index >= 15 is 0 Å². The molecule has 0 fully saturated rings. The van der Waals surface area contributed by atoms with E-state index in [1.807, 2.05) is 12.1 Å². The molecular weight excluding hydrogens is 284 g/mol. The van der Waals surface area contributed by atoms with E-state index in [1.165, 1.54) is 6.07 Å². The summed E-state index contributed by atoms with van der Waals surface area (Å²) in [5.41, 5.74) is 7.62. The van der Waals surface area contributed by atoms with Crippen LogP contribution in [0.15, 0.2) is 48.5 Å². The summed E-state index contributed by atoms with van der Waals surface area (Å²) in [5, 5.41) is 0.642. The van der Waals surface area contributed by atoms with Crippen LogP contribution in [0.25, 0.3) is 0 Å². The van der Waals surface area contributed by atoms with Gasteiger partial charge >= 0.3 is 6.61 Å². The molecule has 5 heteroatoms. The lowest BCUT2D eigenvalue weighted by atomic mass is 9.99. The monoisotopic (exact) mass is 297 g/mol. The summed E-state index contributed by atoms with van der Waals surface area (Å²) < 4.78 is 29.2. The molecule has 2 nitrogen and oxygen atoms in total. The van der Waals surface area contributed by atoms with E-state index in [4.69, 9.17) is 17.3 Å². The Bertz CT molecular complexity index is 560. The molecule has 0 saturated heterocycles. The minimum atomic E-state index is -2.86. The Morgan fingerprint density at radius 3 is 2.35 bits per heavy atom. The molecule has 2 aromatic rings. The standard InChI is InChI=1S/C15H14ClF2NO/c16-11-7-5-10(6-8-11)9-13(19)12-3-1-2-4-14(12)20-15(17)18/h1-8,13,15H,9,19H2. The Morgan fingerprint density at radius 1 is 1.05 bits per heavy atom. The molecule has 0 aromatic heterocycles. The van der Waals surface area contributed by atoms with Crippen molar-refractivity contribution in [2.24, 2.45) is 5.73 Å². The maximum absolute atomic E-state index is 12.4. The molecule has 2 rings (SSSR count). The van der Waals surface area contributed by atoms with Crippen molar-refractivity contribution in [1.82, 2.24) is 0 Å². The molecule has 20 heavy (non-hydrogen) atoms. The number of hydrogen-bond donors (Lipinski definition) is 1. The lowest BCUT2D eigenvalue weighted by Gasteiger charge is -2.16. The van der Waals surface area contributed by atoms with Crippen molar-refractivity contribution >= 4 is 11.6 Å². The van der Waals surface area contributed by atoms with Gasteiger partial charge in [-0.3, -0.25) is 0 Å². The van der Waals surface area contributed by atoms with Crippen LogP contribution >= 0.6 is 11.6 Å². The van der Waals surface area contributed by atoms with Crippen molar-refractivity contribution in [2.75, 3.05) is 0 Å². The second kappa shape index (κ2) is 6.68. The molecule has 2 aromatic carbocycles. The summed E-state index contributed by atoms with van der Waals surface area (Å²) in [7, 11) is 0. The SMILES string of the molecule is NC(Cc1ccc(Cl)cc1)c1ccccc1OC(F)F. The van der Waals surface area contributed by atoms with Crippen LogP contribution in [0.4, 0.5) is 8.78 Å². The van der Waals surface area contributed by atoms with Gasteiger partial charge in [0.05, 0.1) is 0 Å². The van der Waals surface area contributed by atoms with Crippen LogP contribution in [-0.2, 0) is 6.42 Å². The van der Waals surface area contributed by atoms with E-state index in [9.17, 15) is 8.78 Å². The molecule has 0 amide bonds. The number of para-hydroxylation sites is 1. The molecule has 0 bridgehead atoms. The van der Waals surface area contributed by atoms with Gasteiger partial charge in [-0.25, -0.2) is 0 Å². The smallest absolute Gasteiger partial charge is 0.387 e. The zero-order valence-electron chi connectivity index (χ0n) is 10.6. The molecule has 0 radical (unpaired) electrons. The fourth-order valence-corrected chi connectivity index (χ4v) is 2.10. The van der Waals surface area contributed by atoms with Crippen LogP contribution < -0.4 is 10.5 Å². The van der Waals surface area contributed by atoms with Crippen LogP contribution in [-0.4, -0.2) is 6.61 Å². The Labute approximate surface area is 121 Å². The zero-order chi connectivity index (χ0) is 14.5. The first-order chi connectivity index (χ1) is 9.56. The number of alkyl halides is 2. The van der Waals surface area contributed by atoms with Crippen molar-refractivity contribution in [1.29, 1.82) is 0 Å². The number of nitrogens with two attached hydrogens (primary N) is 1. The van der Waals surface area contributed by atoms with Gasteiger partial charge < -0.3 is 10.5 Å². The normalized spacial score (nSPS) is 12.4. The van der Waals surface area contributed by atoms with E-state index in [1.54, 1.807) is 30.3 Å². The van der Waals surface area contributed by atoms with Gasteiger partial charge in [-0.2, -0.15) is 8.78 Å². The van der Waals surface area contributed by atoms with Crippen molar-refractivity contribution in [2.45, 2.75) is 19.1 Å². The van der Waals surface area contributed by atoms with Crippen molar-refractivity contribution in [3.8, 4) is 5.75 Å². The average molecular weight is 298 g/mol. The van der Waals surface area contributed by atoms with Crippen LogP contribution in [0, 0.1) is 0 Å². The Balaban J connectivity index is 2.16. The Kier molecular flexibility index (Phi) is 4.93. The van der Waals surface area contributed by atoms with E-state index in [2.05, 4.69) is 4.74 Å². The fourth-order valence-electron chi connectivity index (χ4n) is 1.97. The summed E-state index contributed by atoms with van der Waals surface area (Å²) in [5.74, 6) is 0.115. The maximum Gasteiger partial charge on any atom is 0.387 e. The molecule has 1 unspecified atom stereocenters. The minimum absolute atomic E-state index is 0.115. The molecule has 0 heterocycles. The first-order valence-electron chi connectivity index (χ1n) is 6.10. The highest BCUT2D eigenvalue weighted by atomic mass is 35.5. The quantitative estimate of drug-likeness (QED) is 0.898. The Hall–Kier alpha value is -1.65. The van der Waals surface area contributed by atoms with E-state index in [0.717, 1.165) is 5.56 Å². The van der Waals surface area contributed by atoms with Gasteiger partial charge in [0.15, 0.2) is 0 Å². The first-order valence-corrected chi connectivity index (χ1v) is 6.48. The molecular formula is C15H14ClF2NO. The van der Waals surface area contributed by atoms with Gasteiger partial charge in [-0.05, 0) is 30.2 Å². The van der Waals surface area contributed by atoms with Crippen LogP contribution in [0.3, 0.4) is 0 Å². The lowest BCUT2D eigenvalue weighted by molar-refractivity contribution is -0.0506. The Morgan fingerprint density at radius 2 is 1.70 bits per heavy atom. The molecule has 1 atom stereocenters. The summed E-state index contributed by atoms with van der Waals surface area (Å²) >= 11 is 5.81. The van der Waals surface area contributed by atoms with Gasteiger partial charge in [-0.1, -0.05) is 41.9 Å². The van der Waals surface area contributed by atoms with Crippen molar-refractivity contribution in [3.05, 3.63) is 64.7 Å². The largest absolute Gasteiger partial charge is 0.434 e. The third-order valence-electron chi connectivity index (χ3n) is 2.90. The van der Waals surface area contributed by atoms with E-state index < -0.39 is 12.7 Å². The number of halogens is 3. The van der Waals surface area contributed by atoms with Gasteiger partial charge in [0.2, 0.25) is 0 Å². The number of hydrogen-bond acceptors (Lipinski definition) is 2. The second-order valence-electron chi connectivity index (χ2n) is 4.35. The highest BCUT2D eigenvalue weighted by Crippen LogP contribution is 2.27. The molecule has 0 aliphatic heterocycles. The van der Waals surface area contributed by atoms with E-state index in [-0.39, 0.29) is 5.75 Å². The fraction of sp³-hybridized carbons (Fsp3) is 0.200. The molecule has 0 aliphatic carbocycles. The highest BCUT2D eigenvalue weighted by molar-refractivity contribution is 6.30. The summed E-state index contributed by atoms with van der Waals surface area (Å²) in [4.78, 5) is 0. The molecule has 0 spiro atoms. The predicted molar refractivity (Wildman–Crippen MR) is 75.2 cm³/mol. The van der Waals surface area contributed by atoms with Crippen LogP contribution in [0.5, 0.6) is 5.75 Å². The molecule has 0 saturated carbocycles. The summed E-state index contributed by atoms with van der Waals surface area (Å²) in [6.45, 7) is -2.86. The number of ether oxygens (including phenoxy) is 1. The van der Waals surface area contributed by atoms with Gasteiger partial charge in [0, 0.05) is 16.6 Å². The number of rotatable bonds is 5.